The summed E-state index contributed by atoms with van der Waals surface area (Å²) in [5.74, 6) is -1.67. The van der Waals surface area contributed by atoms with Crippen LogP contribution in [0.3, 0.4) is 0 Å². The summed E-state index contributed by atoms with van der Waals surface area (Å²) in [6, 6.07) is 16.2. The van der Waals surface area contributed by atoms with Crippen LogP contribution in [0.1, 0.15) is 25.6 Å². The van der Waals surface area contributed by atoms with Crippen molar-refractivity contribution >= 4 is 46.7 Å². The van der Waals surface area contributed by atoms with Crippen LogP contribution in [-0.4, -0.2) is 36.8 Å². The third kappa shape index (κ3) is 7.74. The third-order valence-electron chi connectivity index (χ3n) is 4.20. The molecule has 0 unspecified atom stereocenters. The number of rotatable bonds is 9. The van der Waals surface area contributed by atoms with Crippen LogP contribution >= 0.6 is 22.9 Å². The summed E-state index contributed by atoms with van der Waals surface area (Å²) in [4.78, 5) is 48.1. The highest BCUT2D eigenvalue weighted by atomic mass is 35.5. The first-order valence-electron chi connectivity index (χ1n) is 9.71. The fourth-order valence-electron chi connectivity index (χ4n) is 2.51. The van der Waals surface area contributed by atoms with E-state index in [1.54, 1.807) is 66.0 Å². The Hall–Kier alpha value is -3.69. The number of benzene rings is 2. The molecule has 1 heterocycles. The van der Waals surface area contributed by atoms with Crippen molar-refractivity contribution < 1.29 is 28.7 Å². The van der Waals surface area contributed by atoms with E-state index in [0.717, 1.165) is 0 Å². The lowest BCUT2D eigenvalue weighted by molar-refractivity contribution is -0.145. The van der Waals surface area contributed by atoms with Gasteiger partial charge in [-0.25, -0.2) is 4.79 Å². The maximum absolute atomic E-state index is 12.2. The Morgan fingerprint density at radius 3 is 2.27 bits per heavy atom. The van der Waals surface area contributed by atoms with Gasteiger partial charge in [-0.05, 0) is 53.4 Å². The third-order valence-corrected chi connectivity index (χ3v) is 5.32. The van der Waals surface area contributed by atoms with Gasteiger partial charge in [0.15, 0.2) is 0 Å². The lowest BCUT2D eigenvalue weighted by Gasteiger charge is -2.08. The van der Waals surface area contributed by atoms with Gasteiger partial charge < -0.3 is 20.1 Å². The number of hydrogen-bond donors (Lipinski definition) is 2. The van der Waals surface area contributed by atoms with Gasteiger partial charge in [0.2, 0.25) is 5.91 Å². The zero-order valence-corrected chi connectivity index (χ0v) is 18.8. The average molecular weight is 487 g/mol. The summed E-state index contributed by atoms with van der Waals surface area (Å²) < 4.78 is 10.4. The Morgan fingerprint density at radius 1 is 0.879 bits per heavy atom. The quantitative estimate of drug-likeness (QED) is 0.355. The van der Waals surface area contributed by atoms with Gasteiger partial charge in [0.1, 0.15) is 18.9 Å². The number of ether oxygens (including phenoxy) is 2. The molecule has 170 valence electrons. The molecular formula is C23H19ClN2O6S. The SMILES string of the molecule is O=C(CNC(=O)c1cccs1)NCC(=O)OCc1ccc(C(=O)Oc2ccc(Cl)cc2)cc1. The summed E-state index contributed by atoms with van der Waals surface area (Å²) in [5, 5.41) is 7.13. The molecule has 0 fully saturated rings. The lowest BCUT2D eigenvalue weighted by Crippen LogP contribution is -2.39. The van der Waals surface area contributed by atoms with Gasteiger partial charge in [0.05, 0.1) is 17.0 Å². The van der Waals surface area contributed by atoms with Crippen molar-refractivity contribution in [3.8, 4) is 5.75 Å². The molecule has 0 bridgehead atoms. The van der Waals surface area contributed by atoms with Crippen molar-refractivity contribution in [2.75, 3.05) is 13.1 Å². The predicted octanol–water partition coefficient (Wildman–Crippen LogP) is 3.21. The molecular weight excluding hydrogens is 468 g/mol. The minimum absolute atomic E-state index is 0.0314. The van der Waals surface area contributed by atoms with Gasteiger partial charge in [-0.2, -0.15) is 0 Å². The largest absolute Gasteiger partial charge is 0.460 e. The molecule has 1 aromatic heterocycles. The maximum atomic E-state index is 12.2. The van der Waals surface area contributed by atoms with Crippen LogP contribution < -0.4 is 15.4 Å². The van der Waals surface area contributed by atoms with Crippen LogP contribution in [0.15, 0.2) is 66.0 Å². The number of halogens is 1. The van der Waals surface area contributed by atoms with E-state index in [9.17, 15) is 19.2 Å². The molecule has 10 heteroatoms. The lowest BCUT2D eigenvalue weighted by atomic mass is 10.1. The van der Waals surface area contributed by atoms with Gasteiger partial charge in [-0.3, -0.25) is 14.4 Å². The Kier molecular flexibility index (Phi) is 8.56. The van der Waals surface area contributed by atoms with Crippen LogP contribution in [0.4, 0.5) is 0 Å². The standard InChI is InChI=1S/C23H19ClN2O6S/c24-17-7-9-18(10-8-17)32-23(30)16-5-3-15(4-6-16)14-31-21(28)13-25-20(27)12-26-22(29)19-2-1-11-33-19/h1-11H,12-14H2,(H,25,27)(H,26,29). The van der Waals surface area contributed by atoms with Gasteiger partial charge in [0, 0.05) is 5.02 Å². The fourth-order valence-corrected chi connectivity index (χ4v) is 3.28. The van der Waals surface area contributed by atoms with E-state index in [-0.39, 0.29) is 25.6 Å². The highest BCUT2D eigenvalue weighted by Gasteiger charge is 2.12. The van der Waals surface area contributed by atoms with Gasteiger partial charge >= 0.3 is 11.9 Å². The van der Waals surface area contributed by atoms with E-state index in [0.29, 0.717) is 26.8 Å². The zero-order valence-electron chi connectivity index (χ0n) is 17.2. The molecule has 0 aliphatic heterocycles. The molecule has 0 aliphatic rings. The highest BCUT2D eigenvalue weighted by Crippen LogP contribution is 2.17. The second-order valence-corrected chi connectivity index (χ2v) is 8.02. The molecule has 8 nitrogen and oxygen atoms in total. The predicted molar refractivity (Wildman–Crippen MR) is 122 cm³/mol. The average Bonchev–Trinajstić information content (AvgIpc) is 3.37. The molecule has 3 rings (SSSR count). The van der Waals surface area contributed by atoms with E-state index in [1.165, 1.54) is 11.3 Å². The van der Waals surface area contributed by atoms with Crippen LogP contribution in [0, 0.1) is 0 Å². The van der Waals surface area contributed by atoms with Crippen molar-refractivity contribution in [3.05, 3.63) is 87.1 Å². The maximum Gasteiger partial charge on any atom is 0.343 e. The first-order valence-corrected chi connectivity index (χ1v) is 11.0. The minimum Gasteiger partial charge on any atom is -0.460 e. The molecule has 2 amide bonds. The molecule has 33 heavy (non-hydrogen) atoms. The van der Waals surface area contributed by atoms with Gasteiger partial charge in [0.25, 0.3) is 5.91 Å². The first kappa shape index (κ1) is 24.0. The van der Waals surface area contributed by atoms with Crippen LogP contribution in [0.5, 0.6) is 5.75 Å². The Labute approximate surface area is 198 Å². The van der Waals surface area contributed by atoms with E-state index in [2.05, 4.69) is 10.6 Å². The summed E-state index contributed by atoms with van der Waals surface area (Å²) in [7, 11) is 0. The normalized spacial score (nSPS) is 10.2. The van der Waals surface area contributed by atoms with Crippen molar-refractivity contribution in [1.82, 2.24) is 10.6 Å². The summed E-state index contributed by atoms with van der Waals surface area (Å²) >= 11 is 7.06. The summed E-state index contributed by atoms with van der Waals surface area (Å²) in [6.45, 7) is -0.618. The number of thiophene rings is 1. The molecule has 0 atom stereocenters. The number of carbonyl (C=O) groups is 4. The van der Waals surface area contributed by atoms with Crippen molar-refractivity contribution in [2.24, 2.45) is 0 Å². The van der Waals surface area contributed by atoms with Gasteiger partial charge in [-0.1, -0.05) is 29.8 Å². The first-order chi connectivity index (χ1) is 15.9. The highest BCUT2D eigenvalue weighted by molar-refractivity contribution is 7.12. The molecule has 0 saturated carbocycles. The van der Waals surface area contributed by atoms with Crippen LogP contribution in [0.2, 0.25) is 5.02 Å². The van der Waals surface area contributed by atoms with E-state index in [1.807, 2.05) is 0 Å². The van der Waals surface area contributed by atoms with Crippen molar-refractivity contribution in [2.45, 2.75) is 6.61 Å². The zero-order chi connectivity index (χ0) is 23.6. The Morgan fingerprint density at radius 2 is 1.61 bits per heavy atom. The molecule has 0 aliphatic carbocycles. The second-order valence-electron chi connectivity index (χ2n) is 6.64. The smallest absolute Gasteiger partial charge is 0.343 e. The fraction of sp³-hybridized carbons (Fsp3) is 0.130. The van der Waals surface area contributed by atoms with Gasteiger partial charge in [-0.15, -0.1) is 11.3 Å². The molecule has 0 radical (unpaired) electrons. The van der Waals surface area contributed by atoms with E-state index >= 15 is 0 Å². The number of carbonyl (C=O) groups excluding carboxylic acids is 4. The number of nitrogens with one attached hydrogen (secondary N) is 2. The summed E-state index contributed by atoms with van der Waals surface area (Å²) in [6.07, 6.45) is 0. The molecule has 2 aromatic carbocycles. The van der Waals surface area contributed by atoms with Crippen molar-refractivity contribution in [3.63, 3.8) is 0 Å². The van der Waals surface area contributed by atoms with Crippen LogP contribution in [-0.2, 0) is 20.9 Å². The second kappa shape index (κ2) is 11.8. The Balaban J connectivity index is 1.36. The van der Waals surface area contributed by atoms with E-state index in [4.69, 9.17) is 21.1 Å². The molecule has 0 spiro atoms. The number of hydrogen-bond acceptors (Lipinski definition) is 7. The summed E-state index contributed by atoms with van der Waals surface area (Å²) in [5.41, 5.74) is 0.984. The van der Waals surface area contributed by atoms with Crippen molar-refractivity contribution in [1.29, 1.82) is 0 Å². The number of amides is 2. The minimum atomic E-state index is -0.640. The van der Waals surface area contributed by atoms with E-state index < -0.39 is 17.8 Å². The number of esters is 2. The van der Waals surface area contributed by atoms with Crippen LogP contribution in [0.25, 0.3) is 0 Å². The Bertz CT molecular complexity index is 1110. The molecule has 3 aromatic rings. The monoisotopic (exact) mass is 486 g/mol. The molecule has 0 saturated heterocycles. The molecule has 2 N–H and O–H groups in total. The topological polar surface area (TPSA) is 111 Å².